The second-order valence-electron chi connectivity index (χ2n) is 7.23. The number of phenolic OH excluding ortho intramolecular Hbond substituents is 2. The van der Waals surface area contributed by atoms with Crippen LogP contribution in [-0.2, 0) is 14.3 Å². The predicted molar refractivity (Wildman–Crippen MR) is 114 cm³/mol. The molecule has 1 aromatic carbocycles. The van der Waals surface area contributed by atoms with Gasteiger partial charge in [-0.1, -0.05) is 78.1 Å². The third kappa shape index (κ3) is 11.1. The smallest absolute Gasteiger partial charge is 0.301 e. The molecule has 0 aliphatic heterocycles. The molecule has 0 heterocycles. The van der Waals surface area contributed by atoms with Gasteiger partial charge in [0.05, 0.1) is 6.10 Å². The van der Waals surface area contributed by atoms with Gasteiger partial charge >= 0.3 is 10.1 Å². The maximum absolute atomic E-state index is 12.5. The van der Waals surface area contributed by atoms with E-state index in [-0.39, 0.29) is 40.2 Å². The number of phenols is 2. The van der Waals surface area contributed by atoms with Crippen molar-refractivity contribution in [3.8, 4) is 11.5 Å². The van der Waals surface area contributed by atoms with Gasteiger partial charge in [0.2, 0.25) is 0 Å². The Morgan fingerprint density at radius 3 is 2.00 bits per heavy atom. The van der Waals surface area contributed by atoms with E-state index in [0.29, 0.717) is 12.8 Å². The summed E-state index contributed by atoms with van der Waals surface area (Å²) < 4.78 is 30.5. The standard InChI is InChI=1S/C21H36O5S.Na/c1-3-5-7-8-9-10-11-12-14-19(13-6-4-2)26-27(24,25)21-17-18(22)15-16-20(21)23;/h15-17,19,22-23H,3-14H2,1-2H3;. The fourth-order valence-corrected chi connectivity index (χ4v) is 4.36. The van der Waals surface area contributed by atoms with Crippen LogP contribution in [0.5, 0.6) is 11.5 Å². The normalized spacial score (nSPS) is 12.5. The Kier molecular flexibility index (Phi) is 15.4. The summed E-state index contributed by atoms with van der Waals surface area (Å²) in [6.07, 6.45) is 12.4. The first kappa shape index (κ1) is 27.7. The topological polar surface area (TPSA) is 83.8 Å². The van der Waals surface area contributed by atoms with Gasteiger partial charge in [0.15, 0.2) is 0 Å². The molecule has 0 spiro atoms. The molecule has 0 saturated heterocycles. The third-order valence-electron chi connectivity index (χ3n) is 4.73. The van der Waals surface area contributed by atoms with Gasteiger partial charge in [-0.15, -0.1) is 0 Å². The Morgan fingerprint density at radius 1 is 0.857 bits per heavy atom. The van der Waals surface area contributed by atoms with Crippen molar-refractivity contribution in [1.82, 2.24) is 0 Å². The number of hydrogen-bond acceptors (Lipinski definition) is 5. The molecular weight excluding hydrogens is 387 g/mol. The van der Waals surface area contributed by atoms with E-state index in [1.165, 1.54) is 44.6 Å². The van der Waals surface area contributed by atoms with Crippen molar-refractivity contribution in [2.45, 2.75) is 102 Å². The zero-order valence-electron chi connectivity index (χ0n) is 17.8. The summed E-state index contributed by atoms with van der Waals surface area (Å²) >= 11 is 0. The molecule has 28 heavy (non-hydrogen) atoms. The van der Waals surface area contributed by atoms with Crippen LogP contribution in [-0.4, -0.2) is 54.3 Å². The summed E-state index contributed by atoms with van der Waals surface area (Å²) in [6, 6.07) is 3.42. The largest absolute Gasteiger partial charge is 0.508 e. The van der Waals surface area contributed by atoms with E-state index >= 15 is 0 Å². The van der Waals surface area contributed by atoms with Crippen molar-refractivity contribution < 1.29 is 22.8 Å². The van der Waals surface area contributed by atoms with E-state index in [2.05, 4.69) is 13.8 Å². The summed E-state index contributed by atoms with van der Waals surface area (Å²) in [5, 5.41) is 19.3. The second-order valence-corrected chi connectivity index (χ2v) is 8.77. The Balaban J connectivity index is 0.00000729. The number of unbranched alkanes of at least 4 members (excludes halogenated alkanes) is 8. The molecule has 5 nitrogen and oxygen atoms in total. The number of aromatic hydroxyl groups is 2. The second kappa shape index (κ2) is 15.6. The predicted octanol–water partition coefficient (Wildman–Crippen LogP) is 5.51. The molecule has 1 aromatic rings. The van der Waals surface area contributed by atoms with Gasteiger partial charge in [-0.25, -0.2) is 0 Å². The minimum atomic E-state index is -4.11. The van der Waals surface area contributed by atoms with Crippen molar-refractivity contribution in [3.05, 3.63) is 18.2 Å². The van der Waals surface area contributed by atoms with Crippen LogP contribution in [0.15, 0.2) is 23.1 Å². The van der Waals surface area contributed by atoms with Gasteiger partial charge in [-0.2, -0.15) is 8.42 Å². The first-order valence-corrected chi connectivity index (χ1v) is 11.8. The van der Waals surface area contributed by atoms with Gasteiger partial charge in [0.25, 0.3) is 0 Å². The summed E-state index contributed by atoms with van der Waals surface area (Å²) in [6.45, 7) is 4.27. The van der Waals surface area contributed by atoms with Gasteiger partial charge < -0.3 is 10.2 Å². The molecule has 1 radical (unpaired) electrons. The molecule has 0 aliphatic rings. The van der Waals surface area contributed by atoms with Crippen LogP contribution in [0.2, 0.25) is 0 Å². The van der Waals surface area contributed by atoms with E-state index in [4.69, 9.17) is 4.18 Å². The monoisotopic (exact) mass is 423 g/mol. The van der Waals surface area contributed by atoms with E-state index in [9.17, 15) is 18.6 Å². The molecule has 1 atom stereocenters. The molecule has 0 aromatic heterocycles. The maximum atomic E-state index is 12.5. The fourth-order valence-electron chi connectivity index (χ4n) is 3.11. The van der Waals surface area contributed by atoms with Crippen molar-refractivity contribution in [2.75, 3.05) is 0 Å². The van der Waals surface area contributed by atoms with Gasteiger partial charge in [-0.05, 0) is 25.0 Å². The molecule has 0 aliphatic carbocycles. The summed E-state index contributed by atoms with van der Waals surface area (Å²) in [4.78, 5) is -0.375. The average Bonchev–Trinajstić information content (AvgIpc) is 2.63. The molecule has 7 heteroatoms. The van der Waals surface area contributed by atoms with Crippen LogP contribution in [0.3, 0.4) is 0 Å². The Hall–Kier alpha value is -0.270. The van der Waals surface area contributed by atoms with Crippen LogP contribution in [0, 0.1) is 0 Å². The molecule has 0 fully saturated rings. The average molecular weight is 424 g/mol. The third-order valence-corrected chi connectivity index (χ3v) is 6.13. The SMILES string of the molecule is CCCCCCCCCCC(CCCC)OS(=O)(=O)c1cc(O)ccc1O.[Na]. The van der Waals surface area contributed by atoms with Crippen molar-refractivity contribution in [2.24, 2.45) is 0 Å². The Morgan fingerprint density at radius 2 is 1.39 bits per heavy atom. The zero-order chi connectivity index (χ0) is 20.1. The van der Waals surface area contributed by atoms with Crippen LogP contribution in [0.25, 0.3) is 0 Å². The first-order valence-electron chi connectivity index (χ1n) is 10.4. The molecule has 1 rings (SSSR count). The molecule has 157 valence electrons. The summed E-state index contributed by atoms with van der Waals surface area (Å²) in [5.74, 6) is -0.628. The van der Waals surface area contributed by atoms with Gasteiger partial charge in [0, 0.05) is 35.6 Å². The Labute approximate surface area is 193 Å². The zero-order valence-corrected chi connectivity index (χ0v) is 20.6. The van der Waals surface area contributed by atoms with Crippen LogP contribution in [0.1, 0.15) is 90.9 Å². The van der Waals surface area contributed by atoms with Crippen molar-refractivity contribution in [3.63, 3.8) is 0 Å². The fraction of sp³-hybridized carbons (Fsp3) is 0.714. The molecule has 1 unspecified atom stereocenters. The van der Waals surface area contributed by atoms with Crippen molar-refractivity contribution >= 4 is 39.7 Å². The van der Waals surface area contributed by atoms with Crippen LogP contribution < -0.4 is 0 Å². The first-order chi connectivity index (χ1) is 12.9. The van der Waals surface area contributed by atoms with E-state index in [1.54, 1.807) is 0 Å². The minimum absolute atomic E-state index is 0. The molecular formula is C21H36NaO5S. The number of rotatable bonds is 15. The van der Waals surface area contributed by atoms with Gasteiger partial charge in [-0.3, -0.25) is 4.18 Å². The Bertz CT molecular complexity index is 634. The van der Waals surface area contributed by atoms with Gasteiger partial charge in [0.1, 0.15) is 16.4 Å². The summed E-state index contributed by atoms with van der Waals surface area (Å²) in [7, 11) is -4.11. The molecule has 0 amide bonds. The maximum Gasteiger partial charge on any atom is 0.301 e. The van der Waals surface area contributed by atoms with Crippen LogP contribution in [0.4, 0.5) is 0 Å². The van der Waals surface area contributed by atoms with E-state index < -0.39 is 22.0 Å². The molecule has 0 saturated carbocycles. The van der Waals surface area contributed by atoms with Crippen molar-refractivity contribution in [1.29, 1.82) is 0 Å². The van der Waals surface area contributed by atoms with E-state index in [0.717, 1.165) is 37.8 Å². The number of hydrogen-bond donors (Lipinski definition) is 2. The summed E-state index contributed by atoms with van der Waals surface area (Å²) in [5.41, 5.74) is 0. The minimum Gasteiger partial charge on any atom is -0.508 e. The molecule has 0 bridgehead atoms. The quantitative estimate of drug-likeness (QED) is 0.168. The molecule has 2 N–H and O–H groups in total. The van der Waals surface area contributed by atoms with E-state index in [1.807, 2.05) is 0 Å². The van der Waals surface area contributed by atoms with Crippen LogP contribution >= 0.6 is 0 Å². The number of benzene rings is 1.